The molecule has 1 aliphatic carbocycles. The van der Waals surface area contributed by atoms with E-state index in [1.807, 2.05) is 6.07 Å². The molecule has 2 heteroatoms. The molecule has 11 rings (SSSR count). The van der Waals surface area contributed by atoms with Gasteiger partial charge in [-0.2, -0.15) is 0 Å². The molecule has 1 aliphatic rings. The van der Waals surface area contributed by atoms with Gasteiger partial charge in [0.1, 0.15) is 11.2 Å². The zero-order chi connectivity index (χ0) is 34.2. The Kier molecular flexibility index (Phi) is 6.54. The number of hydrogen-bond acceptors (Lipinski definition) is 1. The van der Waals surface area contributed by atoms with Gasteiger partial charge >= 0.3 is 0 Å². The summed E-state index contributed by atoms with van der Waals surface area (Å²) in [6.07, 6.45) is 3.12. The minimum Gasteiger partial charge on any atom is -0.456 e. The van der Waals surface area contributed by atoms with E-state index in [0.717, 1.165) is 30.4 Å². The standard InChI is InChI=1S/C50H35NO/c1-2-16-37(17-3-1)51-46-31-43-36(29-32-12-10-15-35(28-32)39-21-11-23-48-49(39)42-20-8-9-22-47(42)52-48)25-24-33-13-4-6-18-38(33)44(43)30-45(46)41-27-26-34-14-5-7-19-40(34)50(41)51/h1-23,26-28,30-31,36H,24-25,29H2. The van der Waals surface area contributed by atoms with Crippen molar-refractivity contribution in [1.82, 2.24) is 4.57 Å². The fourth-order valence-corrected chi connectivity index (χ4v) is 9.12. The fourth-order valence-electron chi connectivity index (χ4n) is 9.12. The lowest BCUT2D eigenvalue weighted by molar-refractivity contribution is 0.629. The molecular weight excluding hydrogens is 631 g/mol. The summed E-state index contributed by atoms with van der Waals surface area (Å²) >= 11 is 0. The van der Waals surface area contributed by atoms with Crippen molar-refractivity contribution in [2.24, 2.45) is 0 Å². The summed E-state index contributed by atoms with van der Waals surface area (Å²) in [4.78, 5) is 0. The highest BCUT2D eigenvalue weighted by molar-refractivity contribution is 6.19. The first kappa shape index (κ1) is 29.4. The van der Waals surface area contributed by atoms with E-state index < -0.39 is 0 Å². The second-order valence-corrected chi connectivity index (χ2v) is 14.4. The Morgan fingerprint density at radius 2 is 1.31 bits per heavy atom. The number of aromatic nitrogens is 1. The maximum atomic E-state index is 6.27. The zero-order valence-electron chi connectivity index (χ0n) is 28.7. The van der Waals surface area contributed by atoms with Crippen LogP contribution in [0, 0.1) is 0 Å². The minimum atomic E-state index is 0.353. The van der Waals surface area contributed by atoms with Gasteiger partial charge in [-0.25, -0.2) is 0 Å². The van der Waals surface area contributed by atoms with Crippen LogP contribution in [0.4, 0.5) is 0 Å². The first-order valence-corrected chi connectivity index (χ1v) is 18.4. The van der Waals surface area contributed by atoms with Crippen molar-refractivity contribution in [2.75, 3.05) is 0 Å². The first-order valence-electron chi connectivity index (χ1n) is 18.4. The van der Waals surface area contributed by atoms with Crippen LogP contribution in [0.1, 0.15) is 29.0 Å². The van der Waals surface area contributed by atoms with Crippen molar-refractivity contribution < 1.29 is 4.42 Å². The number of benzene rings is 8. The second kappa shape index (κ2) is 11.6. The highest BCUT2D eigenvalue weighted by Gasteiger charge is 2.26. The molecule has 0 amide bonds. The predicted molar refractivity (Wildman–Crippen MR) is 218 cm³/mol. The third-order valence-electron chi connectivity index (χ3n) is 11.5. The molecule has 2 heterocycles. The number of hydrogen-bond donors (Lipinski definition) is 0. The maximum absolute atomic E-state index is 6.27. The molecule has 0 N–H and O–H groups in total. The van der Waals surface area contributed by atoms with E-state index in [0.29, 0.717) is 5.92 Å². The predicted octanol–water partition coefficient (Wildman–Crippen LogP) is 13.4. The van der Waals surface area contributed by atoms with E-state index in [2.05, 4.69) is 168 Å². The van der Waals surface area contributed by atoms with Crippen LogP contribution < -0.4 is 0 Å². The number of para-hydroxylation sites is 2. The largest absolute Gasteiger partial charge is 0.456 e. The number of rotatable bonds is 4. The van der Waals surface area contributed by atoms with E-state index in [4.69, 9.17) is 4.42 Å². The molecule has 0 bridgehead atoms. The van der Waals surface area contributed by atoms with Crippen LogP contribution in [0.2, 0.25) is 0 Å². The molecule has 0 radical (unpaired) electrons. The molecular formula is C50H35NO. The highest BCUT2D eigenvalue weighted by atomic mass is 16.3. The maximum Gasteiger partial charge on any atom is 0.136 e. The lowest BCUT2D eigenvalue weighted by Crippen LogP contribution is -2.05. The quantitative estimate of drug-likeness (QED) is 0.183. The first-order chi connectivity index (χ1) is 25.8. The van der Waals surface area contributed by atoms with Gasteiger partial charge in [-0.1, -0.05) is 133 Å². The number of furan rings is 1. The van der Waals surface area contributed by atoms with Gasteiger partial charge in [0.15, 0.2) is 0 Å². The van der Waals surface area contributed by atoms with Crippen LogP contribution >= 0.6 is 0 Å². The summed E-state index contributed by atoms with van der Waals surface area (Å²) in [5, 5.41) is 7.51. The van der Waals surface area contributed by atoms with Crippen molar-refractivity contribution in [3.8, 4) is 27.9 Å². The van der Waals surface area contributed by atoms with E-state index in [1.165, 1.54) is 88.0 Å². The van der Waals surface area contributed by atoms with Crippen molar-refractivity contribution in [2.45, 2.75) is 25.2 Å². The molecule has 1 atom stereocenters. The van der Waals surface area contributed by atoms with Gasteiger partial charge in [-0.05, 0) is 106 Å². The smallest absolute Gasteiger partial charge is 0.136 e. The number of nitrogens with zero attached hydrogens (tertiary/aromatic N) is 1. The molecule has 2 nitrogen and oxygen atoms in total. The SMILES string of the molecule is c1ccc(-n2c3cc4c(cc3c3ccc5ccccc5c32)-c2ccccc2CCC4Cc2cccc(-c3cccc4oc5ccccc5c34)c2)cc1. The fraction of sp³-hybridized carbons (Fsp3) is 0.0800. The number of aryl methyl sites for hydroxylation is 1. The Hall–Kier alpha value is -6.38. The summed E-state index contributed by atoms with van der Waals surface area (Å²) in [5.41, 5.74) is 15.0. The molecule has 2 aromatic heterocycles. The average molecular weight is 666 g/mol. The monoisotopic (exact) mass is 665 g/mol. The highest BCUT2D eigenvalue weighted by Crippen LogP contribution is 2.46. The Balaban J connectivity index is 1.11. The van der Waals surface area contributed by atoms with Gasteiger partial charge in [0.05, 0.1) is 11.0 Å². The molecule has 8 aromatic carbocycles. The van der Waals surface area contributed by atoms with E-state index >= 15 is 0 Å². The van der Waals surface area contributed by atoms with Crippen molar-refractivity contribution >= 4 is 54.5 Å². The lowest BCUT2D eigenvalue weighted by Gasteiger charge is -2.20. The average Bonchev–Trinajstić information content (AvgIpc) is 3.70. The molecule has 10 aromatic rings. The van der Waals surface area contributed by atoms with Crippen LogP contribution in [0.3, 0.4) is 0 Å². The van der Waals surface area contributed by atoms with Crippen LogP contribution in [-0.4, -0.2) is 4.57 Å². The molecule has 1 unspecified atom stereocenters. The van der Waals surface area contributed by atoms with Crippen LogP contribution in [0.5, 0.6) is 0 Å². The Morgan fingerprint density at radius 3 is 2.25 bits per heavy atom. The molecule has 0 spiro atoms. The van der Waals surface area contributed by atoms with Crippen LogP contribution in [0.25, 0.3) is 82.5 Å². The lowest BCUT2D eigenvalue weighted by atomic mass is 9.85. The van der Waals surface area contributed by atoms with Gasteiger partial charge in [0, 0.05) is 32.6 Å². The van der Waals surface area contributed by atoms with Gasteiger partial charge < -0.3 is 8.98 Å². The van der Waals surface area contributed by atoms with Crippen LogP contribution in [0.15, 0.2) is 174 Å². The minimum absolute atomic E-state index is 0.353. The summed E-state index contributed by atoms with van der Waals surface area (Å²) in [7, 11) is 0. The molecule has 52 heavy (non-hydrogen) atoms. The van der Waals surface area contributed by atoms with Gasteiger partial charge in [0.2, 0.25) is 0 Å². The van der Waals surface area contributed by atoms with E-state index in [-0.39, 0.29) is 0 Å². The molecule has 0 fully saturated rings. The van der Waals surface area contributed by atoms with E-state index in [9.17, 15) is 0 Å². The third kappa shape index (κ3) is 4.50. The van der Waals surface area contributed by atoms with Crippen molar-refractivity contribution in [3.63, 3.8) is 0 Å². The summed E-state index contributed by atoms with van der Waals surface area (Å²) in [6, 6.07) is 62.5. The summed E-state index contributed by atoms with van der Waals surface area (Å²) < 4.78 is 8.78. The van der Waals surface area contributed by atoms with Crippen molar-refractivity contribution in [1.29, 1.82) is 0 Å². The summed E-state index contributed by atoms with van der Waals surface area (Å²) in [5.74, 6) is 0.353. The van der Waals surface area contributed by atoms with Crippen molar-refractivity contribution in [3.05, 3.63) is 187 Å². The third-order valence-corrected chi connectivity index (χ3v) is 11.5. The second-order valence-electron chi connectivity index (χ2n) is 14.4. The molecule has 0 saturated carbocycles. The Bertz CT molecular complexity index is 3000. The molecule has 0 aliphatic heterocycles. The topological polar surface area (TPSA) is 18.1 Å². The van der Waals surface area contributed by atoms with Crippen LogP contribution in [-0.2, 0) is 12.8 Å². The van der Waals surface area contributed by atoms with E-state index in [1.54, 1.807) is 0 Å². The Morgan fingerprint density at radius 1 is 0.538 bits per heavy atom. The summed E-state index contributed by atoms with van der Waals surface area (Å²) in [6.45, 7) is 0. The molecule has 0 saturated heterocycles. The number of fused-ring (bicyclic) bond motifs is 11. The van der Waals surface area contributed by atoms with Gasteiger partial charge in [-0.3, -0.25) is 0 Å². The van der Waals surface area contributed by atoms with Gasteiger partial charge in [-0.15, -0.1) is 0 Å². The zero-order valence-corrected chi connectivity index (χ0v) is 28.7. The molecule has 246 valence electrons. The Labute approximate surface area is 302 Å². The van der Waals surface area contributed by atoms with Gasteiger partial charge in [0.25, 0.3) is 0 Å². The normalized spacial score (nSPS) is 14.3.